The molecule has 18 heavy (non-hydrogen) atoms. The molecule has 0 saturated heterocycles. The van der Waals surface area contributed by atoms with Gasteiger partial charge in [0.1, 0.15) is 11.6 Å². The summed E-state index contributed by atoms with van der Waals surface area (Å²) in [4.78, 5) is 17.7. The van der Waals surface area contributed by atoms with Gasteiger partial charge in [-0.3, -0.25) is 4.79 Å². The van der Waals surface area contributed by atoms with Crippen LogP contribution in [0.3, 0.4) is 0 Å². The Labute approximate surface area is 107 Å². The van der Waals surface area contributed by atoms with Crippen LogP contribution < -0.4 is 5.32 Å². The number of carbonyl (C=O) groups excluding carboxylic acids is 1. The summed E-state index contributed by atoms with van der Waals surface area (Å²) in [5, 5.41) is 3.04. The van der Waals surface area contributed by atoms with Crippen molar-refractivity contribution in [3.63, 3.8) is 0 Å². The lowest BCUT2D eigenvalue weighted by Gasteiger charge is -2.18. The lowest BCUT2D eigenvalue weighted by Crippen LogP contribution is -2.28. The fourth-order valence-corrected chi connectivity index (χ4v) is 1.63. The number of aromatic nitrogens is 1. The summed E-state index contributed by atoms with van der Waals surface area (Å²) in [6, 6.07) is 1.24. The Bertz CT molecular complexity index is 409. The maximum absolute atomic E-state index is 13.2. The highest BCUT2D eigenvalue weighted by Crippen LogP contribution is 2.16. The minimum absolute atomic E-state index is 0.206. The average molecular weight is 253 g/mol. The summed E-state index contributed by atoms with van der Waals surface area (Å²) in [5.74, 6) is -0.251. The quantitative estimate of drug-likeness (QED) is 0.847. The second-order valence-corrected chi connectivity index (χ2v) is 4.20. The van der Waals surface area contributed by atoms with Gasteiger partial charge in [-0.15, -0.1) is 0 Å². The minimum atomic E-state index is -0.495. The number of hydrogen-bond acceptors (Lipinski definition) is 3. The van der Waals surface area contributed by atoms with E-state index in [0.29, 0.717) is 24.5 Å². The number of amides is 1. The van der Waals surface area contributed by atoms with Crippen LogP contribution in [0.4, 0.5) is 10.2 Å². The molecule has 0 aromatic carbocycles. The normalized spacial score (nSPS) is 10.2. The molecule has 0 saturated carbocycles. The third-order valence-electron chi connectivity index (χ3n) is 2.53. The maximum atomic E-state index is 13.2. The standard InChI is InChI=1S/C13H20FN3O/c1-4-6-15-12-11(8-10(14)9-16-12)13(18)17(3)7-5-2/h8-9H,4-7H2,1-3H3,(H,15,16). The molecular formula is C13H20FN3O. The molecule has 1 heterocycles. The second kappa shape index (κ2) is 6.93. The SMILES string of the molecule is CCCNc1ncc(F)cc1C(=O)N(C)CCC. The summed E-state index contributed by atoms with van der Waals surface area (Å²) in [6.07, 6.45) is 2.90. The molecule has 0 atom stereocenters. The Hall–Kier alpha value is -1.65. The molecule has 0 unspecified atom stereocenters. The van der Waals surface area contributed by atoms with E-state index in [9.17, 15) is 9.18 Å². The van der Waals surface area contributed by atoms with Crippen molar-refractivity contribution in [1.82, 2.24) is 9.88 Å². The molecule has 0 radical (unpaired) electrons. The summed E-state index contributed by atoms with van der Waals surface area (Å²) in [7, 11) is 1.71. The van der Waals surface area contributed by atoms with Crippen LogP contribution in [0, 0.1) is 5.82 Å². The number of halogens is 1. The molecule has 1 aromatic rings. The van der Waals surface area contributed by atoms with Crippen molar-refractivity contribution in [3.8, 4) is 0 Å². The minimum Gasteiger partial charge on any atom is -0.369 e. The van der Waals surface area contributed by atoms with Gasteiger partial charge >= 0.3 is 0 Å². The van der Waals surface area contributed by atoms with E-state index < -0.39 is 5.82 Å². The van der Waals surface area contributed by atoms with Gasteiger partial charge in [0.05, 0.1) is 11.8 Å². The molecule has 1 amide bonds. The van der Waals surface area contributed by atoms with E-state index in [2.05, 4.69) is 10.3 Å². The van der Waals surface area contributed by atoms with E-state index in [1.165, 1.54) is 6.07 Å². The van der Waals surface area contributed by atoms with Gasteiger partial charge in [0.15, 0.2) is 0 Å². The summed E-state index contributed by atoms with van der Waals surface area (Å²) < 4.78 is 13.2. The lowest BCUT2D eigenvalue weighted by molar-refractivity contribution is 0.0795. The first-order chi connectivity index (χ1) is 8.60. The fourth-order valence-electron chi connectivity index (χ4n) is 1.63. The van der Waals surface area contributed by atoms with E-state index in [1.54, 1.807) is 11.9 Å². The predicted octanol–water partition coefficient (Wildman–Crippen LogP) is 2.52. The van der Waals surface area contributed by atoms with E-state index in [-0.39, 0.29) is 5.91 Å². The van der Waals surface area contributed by atoms with Crippen LogP contribution in [-0.2, 0) is 0 Å². The van der Waals surface area contributed by atoms with E-state index >= 15 is 0 Å². The zero-order chi connectivity index (χ0) is 13.5. The molecule has 0 aliphatic carbocycles. The monoisotopic (exact) mass is 253 g/mol. The van der Waals surface area contributed by atoms with E-state index in [1.807, 2.05) is 13.8 Å². The molecule has 0 fully saturated rings. The number of rotatable bonds is 6. The fraction of sp³-hybridized carbons (Fsp3) is 0.538. The topological polar surface area (TPSA) is 45.2 Å². The molecule has 1 N–H and O–H groups in total. The summed E-state index contributed by atoms with van der Waals surface area (Å²) in [6.45, 7) is 5.35. The van der Waals surface area contributed by atoms with E-state index in [0.717, 1.165) is 19.0 Å². The molecule has 0 spiro atoms. The highest BCUT2D eigenvalue weighted by atomic mass is 19.1. The number of nitrogens with zero attached hydrogens (tertiary/aromatic N) is 2. The van der Waals surface area contributed by atoms with Crippen LogP contribution in [0.1, 0.15) is 37.0 Å². The number of carbonyl (C=O) groups is 1. The Morgan fingerprint density at radius 2 is 2.17 bits per heavy atom. The first kappa shape index (κ1) is 14.4. The van der Waals surface area contributed by atoms with Gasteiger partial charge < -0.3 is 10.2 Å². The highest BCUT2D eigenvalue weighted by Gasteiger charge is 2.17. The third kappa shape index (κ3) is 3.68. The number of hydrogen-bond donors (Lipinski definition) is 1. The molecule has 1 rings (SSSR count). The van der Waals surface area contributed by atoms with Crippen LogP contribution in [-0.4, -0.2) is 35.9 Å². The van der Waals surface area contributed by atoms with Crippen LogP contribution in [0.25, 0.3) is 0 Å². The van der Waals surface area contributed by atoms with Gasteiger partial charge in [-0.2, -0.15) is 0 Å². The van der Waals surface area contributed by atoms with Crippen molar-refractivity contribution in [2.24, 2.45) is 0 Å². The second-order valence-electron chi connectivity index (χ2n) is 4.20. The smallest absolute Gasteiger partial charge is 0.257 e. The van der Waals surface area contributed by atoms with Crippen molar-refractivity contribution >= 4 is 11.7 Å². The molecule has 0 aliphatic heterocycles. The Kier molecular flexibility index (Phi) is 5.55. The number of pyridine rings is 1. The molecule has 4 nitrogen and oxygen atoms in total. The number of anilines is 1. The van der Waals surface area contributed by atoms with Crippen LogP contribution in [0.2, 0.25) is 0 Å². The molecule has 100 valence electrons. The Balaban J connectivity index is 2.96. The molecular weight excluding hydrogens is 233 g/mol. The zero-order valence-electron chi connectivity index (χ0n) is 11.2. The van der Waals surface area contributed by atoms with Crippen molar-refractivity contribution < 1.29 is 9.18 Å². The first-order valence-corrected chi connectivity index (χ1v) is 6.25. The summed E-state index contributed by atoms with van der Waals surface area (Å²) in [5.41, 5.74) is 0.291. The van der Waals surface area contributed by atoms with Crippen molar-refractivity contribution in [3.05, 3.63) is 23.6 Å². The highest BCUT2D eigenvalue weighted by molar-refractivity contribution is 5.98. The number of nitrogens with one attached hydrogen (secondary N) is 1. The lowest BCUT2D eigenvalue weighted by atomic mass is 10.2. The van der Waals surface area contributed by atoms with E-state index in [4.69, 9.17) is 0 Å². The van der Waals surface area contributed by atoms with Gasteiger partial charge in [-0.25, -0.2) is 9.37 Å². The van der Waals surface area contributed by atoms with Gasteiger partial charge in [-0.1, -0.05) is 13.8 Å². The molecule has 0 aliphatic rings. The van der Waals surface area contributed by atoms with Crippen molar-refractivity contribution in [1.29, 1.82) is 0 Å². The zero-order valence-corrected chi connectivity index (χ0v) is 11.2. The maximum Gasteiger partial charge on any atom is 0.257 e. The van der Waals surface area contributed by atoms with Crippen LogP contribution in [0.5, 0.6) is 0 Å². The Morgan fingerprint density at radius 1 is 1.44 bits per heavy atom. The molecule has 0 bridgehead atoms. The predicted molar refractivity (Wildman–Crippen MR) is 70.2 cm³/mol. The van der Waals surface area contributed by atoms with Crippen LogP contribution >= 0.6 is 0 Å². The third-order valence-corrected chi connectivity index (χ3v) is 2.53. The van der Waals surface area contributed by atoms with Gasteiger partial charge in [0, 0.05) is 20.1 Å². The van der Waals surface area contributed by atoms with Gasteiger partial charge in [0.2, 0.25) is 0 Å². The molecule has 1 aromatic heterocycles. The van der Waals surface area contributed by atoms with Gasteiger partial charge in [0.25, 0.3) is 5.91 Å². The van der Waals surface area contributed by atoms with Gasteiger partial charge in [-0.05, 0) is 18.9 Å². The average Bonchev–Trinajstić information content (AvgIpc) is 2.36. The first-order valence-electron chi connectivity index (χ1n) is 6.25. The van der Waals surface area contributed by atoms with Crippen molar-refractivity contribution in [2.75, 3.05) is 25.5 Å². The summed E-state index contributed by atoms with van der Waals surface area (Å²) >= 11 is 0. The molecule has 5 heteroatoms. The van der Waals surface area contributed by atoms with Crippen LogP contribution in [0.15, 0.2) is 12.3 Å². The van der Waals surface area contributed by atoms with Crippen molar-refractivity contribution in [2.45, 2.75) is 26.7 Å². The Morgan fingerprint density at radius 3 is 2.78 bits per heavy atom. The largest absolute Gasteiger partial charge is 0.369 e.